The summed E-state index contributed by atoms with van der Waals surface area (Å²) in [6.07, 6.45) is -1.64. The summed E-state index contributed by atoms with van der Waals surface area (Å²) in [5, 5.41) is 4.79. The lowest BCUT2D eigenvalue weighted by atomic mass is 10.1. The molecule has 0 fully saturated rings. The highest BCUT2D eigenvalue weighted by molar-refractivity contribution is 5.83. The third-order valence-electron chi connectivity index (χ3n) is 3.10. The first-order chi connectivity index (χ1) is 12.7. The first kappa shape index (κ1) is 25.5. The minimum atomic E-state index is -1.08. The van der Waals surface area contributed by atoms with E-state index in [4.69, 9.17) is 9.47 Å². The van der Waals surface area contributed by atoms with E-state index in [1.807, 2.05) is 0 Å². The molecule has 0 radical (unpaired) electrons. The maximum atomic E-state index is 12.0. The fourth-order valence-corrected chi connectivity index (χ4v) is 2.02. The molecular weight excluding hydrogens is 372 g/mol. The number of esters is 2. The van der Waals surface area contributed by atoms with E-state index in [0.29, 0.717) is 0 Å². The number of hydrogen-bond donors (Lipinski definition) is 2. The molecule has 0 saturated heterocycles. The van der Waals surface area contributed by atoms with Crippen LogP contribution in [0.4, 0.5) is 9.59 Å². The van der Waals surface area contributed by atoms with Crippen LogP contribution in [-0.4, -0.2) is 61.6 Å². The smallest absolute Gasteiger partial charge is 0.408 e. The largest absolute Gasteiger partial charge is 0.467 e. The average Bonchev–Trinajstić information content (AvgIpc) is 2.52. The van der Waals surface area contributed by atoms with Gasteiger partial charge >= 0.3 is 24.1 Å². The van der Waals surface area contributed by atoms with Crippen LogP contribution < -0.4 is 10.6 Å². The van der Waals surface area contributed by atoms with E-state index in [0.717, 1.165) is 0 Å². The van der Waals surface area contributed by atoms with E-state index < -0.39 is 47.4 Å². The first-order valence-corrected chi connectivity index (χ1v) is 8.83. The molecule has 0 rings (SSSR count). The summed E-state index contributed by atoms with van der Waals surface area (Å²) in [5.74, 6) is -1.43. The molecule has 2 atom stereocenters. The summed E-state index contributed by atoms with van der Waals surface area (Å²) < 4.78 is 19.6. The summed E-state index contributed by atoms with van der Waals surface area (Å²) in [4.78, 5) is 47.8. The van der Waals surface area contributed by atoms with Gasteiger partial charge in [-0.1, -0.05) is 0 Å². The Morgan fingerprint density at radius 3 is 1.18 bits per heavy atom. The Kier molecular flexibility index (Phi) is 9.76. The number of amides is 2. The van der Waals surface area contributed by atoms with Crippen LogP contribution in [0.15, 0.2) is 0 Å². The van der Waals surface area contributed by atoms with Crippen molar-refractivity contribution in [2.75, 3.05) is 14.2 Å². The lowest BCUT2D eigenvalue weighted by molar-refractivity contribution is -0.145. The number of methoxy groups -OCH3 is 2. The normalized spacial score (nSPS) is 13.6. The van der Waals surface area contributed by atoms with Gasteiger partial charge in [0.2, 0.25) is 0 Å². The van der Waals surface area contributed by atoms with Crippen LogP contribution in [0, 0.1) is 0 Å². The first-order valence-electron chi connectivity index (χ1n) is 8.83. The van der Waals surface area contributed by atoms with E-state index in [2.05, 4.69) is 20.1 Å². The van der Waals surface area contributed by atoms with Gasteiger partial charge in [0, 0.05) is 0 Å². The molecule has 0 bridgehead atoms. The van der Waals surface area contributed by atoms with E-state index in [1.165, 1.54) is 14.2 Å². The van der Waals surface area contributed by atoms with E-state index >= 15 is 0 Å². The molecule has 0 aliphatic carbocycles. The zero-order valence-electron chi connectivity index (χ0n) is 17.8. The van der Waals surface area contributed by atoms with Gasteiger partial charge in [-0.15, -0.1) is 0 Å². The summed E-state index contributed by atoms with van der Waals surface area (Å²) in [7, 11) is 2.34. The van der Waals surface area contributed by atoms with Crippen molar-refractivity contribution >= 4 is 24.1 Å². The van der Waals surface area contributed by atoms with E-state index in [-0.39, 0.29) is 12.8 Å². The Hall–Kier alpha value is -2.52. The molecule has 0 aromatic heterocycles. The molecule has 0 aliphatic rings. The SMILES string of the molecule is COC(=O)[C@H](CC[C@H](NC(=O)OC(C)(C)C)C(=O)OC)NC(=O)OC(C)(C)C. The number of alkyl carbamates (subject to hydrolysis) is 2. The van der Waals surface area contributed by atoms with Crippen molar-refractivity contribution in [2.45, 2.75) is 77.7 Å². The molecule has 28 heavy (non-hydrogen) atoms. The highest BCUT2D eigenvalue weighted by Crippen LogP contribution is 2.11. The highest BCUT2D eigenvalue weighted by Gasteiger charge is 2.30. The number of carbonyl (C=O) groups is 4. The van der Waals surface area contributed by atoms with Gasteiger partial charge in [0.05, 0.1) is 14.2 Å². The highest BCUT2D eigenvalue weighted by atomic mass is 16.6. The van der Waals surface area contributed by atoms with Crippen molar-refractivity contribution in [2.24, 2.45) is 0 Å². The van der Waals surface area contributed by atoms with Crippen molar-refractivity contribution < 1.29 is 38.1 Å². The minimum absolute atomic E-state index is 0.0124. The van der Waals surface area contributed by atoms with Gasteiger partial charge in [-0.05, 0) is 54.4 Å². The Bertz CT molecular complexity index is 513. The molecule has 0 heterocycles. The van der Waals surface area contributed by atoms with Crippen molar-refractivity contribution in [1.29, 1.82) is 0 Å². The number of ether oxygens (including phenoxy) is 4. The summed E-state index contributed by atoms with van der Waals surface area (Å²) in [6, 6.07) is -2.15. The van der Waals surface area contributed by atoms with Crippen LogP contribution in [0.2, 0.25) is 0 Å². The van der Waals surface area contributed by atoms with Crippen LogP contribution in [0.5, 0.6) is 0 Å². The quantitative estimate of drug-likeness (QED) is 0.486. The molecule has 2 amide bonds. The van der Waals surface area contributed by atoms with Crippen LogP contribution in [0.1, 0.15) is 54.4 Å². The lowest BCUT2D eigenvalue weighted by Gasteiger charge is -2.24. The van der Waals surface area contributed by atoms with E-state index in [9.17, 15) is 19.2 Å². The molecule has 162 valence electrons. The summed E-state index contributed by atoms with van der Waals surface area (Å²) >= 11 is 0. The monoisotopic (exact) mass is 404 g/mol. The molecule has 0 spiro atoms. The van der Waals surface area contributed by atoms with Crippen molar-refractivity contribution in [3.63, 3.8) is 0 Å². The number of rotatable bonds is 7. The second-order valence-corrected chi connectivity index (χ2v) is 8.02. The Labute approximate surface area is 165 Å². The van der Waals surface area contributed by atoms with Crippen molar-refractivity contribution in [3.05, 3.63) is 0 Å². The molecule has 2 N–H and O–H groups in total. The Morgan fingerprint density at radius 2 is 0.964 bits per heavy atom. The molecule has 10 heteroatoms. The predicted molar refractivity (Wildman–Crippen MR) is 99.6 cm³/mol. The number of carbonyl (C=O) groups excluding carboxylic acids is 4. The zero-order chi connectivity index (χ0) is 22.1. The fourth-order valence-electron chi connectivity index (χ4n) is 2.02. The Morgan fingerprint density at radius 1 is 0.679 bits per heavy atom. The van der Waals surface area contributed by atoms with Gasteiger partial charge in [-0.25, -0.2) is 19.2 Å². The van der Waals surface area contributed by atoms with Gasteiger partial charge in [0.15, 0.2) is 0 Å². The Balaban J connectivity index is 5.06. The van der Waals surface area contributed by atoms with E-state index in [1.54, 1.807) is 41.5 Å². The number of hydrogen-bond acceptors (Lipinski definition) is 8. The summed E-state index contributed by atoms with van der Waals surface area (Å²) in [5.41, 5.74) is -1.50. The third-order valence-corrected chi connectivity index (χ3v) is 3.10. The molecule has 0 unspecified atom stereocenters. The van der Waals surface area contributed by atoms with Gasteiger partial charge in [0.25, 0.3) is 0 Å². The van der Waals surface area contributed by atoms with Crippen LogP contribution in [0.3, 0.4) is 0 Å². The second-order valence-electron chi connectivity index (χ2n) is 8.02. The predicted octanol–water partition coefficient (Wildman–Crippen LogP) is 1.90. The molecular formula is C18H32N2O8. The van der Waals surface area contributed by atoms with Gasteiger partial charge < -0.3 is 29.6 Å². The molecule has 0 saturated carbocycles. The van der Waals surface area contributed by atoms with Crippen molar-refractivity contribution in [1.82, 2.24) is 10.6 Å². The fraction of sp³-hybridized carbons (Fsp3) is 0.778. The third kappa shape index (κ3) is 11.2. The topological polar surface area (TPSA) is 129 Å². The molecule has 0 aromatic carbocycles. The average molecular weight is 404 g/mol. The molecule has 0 aliphatic heterocycles. The second kappa shape index (κ2) is 10.7. The minimum Gasteiger partial charge on any atom is -0.467 e. The number of nitrogens with one attached hydrogen (secondary N) is 2. The maximum absolute atomic E-state index is 12.0. The molecule has 10 nitrogen and oxygen atoms in total. The van der Waals surface area contributed by atoms with Crippen LogP contribution >= 0.6 is 0 Å². The van der Waals surface area contributed by atoms with Crippen molar-refractivity contribution in [3.8, 4) is 0 Å². The van der Waals surface area contributed by atoms with Gasteiger partial charge in [0.1, 0.15) is 23.3 Å². The van der Waals surface area contributed by atoms with Gasteiger partial charge in [-0.2, -0.15) is 0 Å². The zero-order valence-corrected chi connectivity index (χ0v) is 17.8. The van der Waals surface area contributed by atoms with Gasteiger partial charge in [-0.3, -0.25) is 0 Å². The van der Waals surface area contributed by atoms with Crippen LogP contribution in [-0.2, 0) is 28.5 Å². The maximum Gasteiger partial charge on any atom is 0.408 e. The summed E-state index contributed by atoms with van der Waals surface area (Å²) in [6.45, 7) is 10.1. The molecule has 0 aromatic rings. The standard InChI is InChI=1S/C18H32N2O8/c1-17(2,3)27-15(23)19-11(13(21)25-7)9-10-12(14(22)26-8)20-16(24)28-18(4,5)6/h11-12H,9-10H2,1-8H3,(H,19,23)(H,20,24)/t11-,12-/m0/s1. The lowest BCUT2D eigenvalue weighted by Crippen LogP contribution is -2.47. The van der Waals surface area contributed by atoms with Crippen LogP contribution in [0.25, 0.3) is 0 Å².